The first-order valence-corrected chi connectivity index (χ1v) is 9.68. The largest absolute Gasteiger partial charge is 0.332 e. The highest BCUT2D eigenvalue weighted by Crippen LogP contribution is 2.32. The number of rotatable bonds is 3. The predicted octanol–water partition coefficient (Wildman–Crippen LogP) is 3.86. The maximum atomic E-state index is 3.84. The van der Waals surface area contributed by atoms with E-state index in [1.807, 2.05) is 0 Å². The molecule has 0 bridgehead atoms. The van der Waals surface area contributed by atoms with Gasteiger partial charge in [0.1, 0.15) is 8.24 Å². The van der Waals surface area contributed by atoms with E-state index in [-0.39, 0.29) is 5.54 Å². The van der Waals surface area contributed by atoms with Crippen molar-refractivity contribution in [2.24, 2.45) is 0 Å². The lowest BCUT2D eigenvalue weighted by Gasteiger charge is -2.36. The summed E-state index contributed by atoms with van der Waals surface area (Å²) in [6.45, 7) is 11.6. The first-order valence-electron chi connectivity index (χ1n) is 6.61. The number of hydrogen-bond donors (Lipinski definition) is 1. The standard InChI is InChI=1S/C15H24N2Si/c1-15(2,3)16-18(4,5)14-9-8-13(12-14)17-10-6-7-11-17/h6-12,14,16H,1-5H3. The maximum Gasteiger partial charge on any atom is 0.130 e. The number of nitrogens with one attached hydrogen (secondary N) is 1. The Morgan fingerprint density at radius 3 is 2.33 bits per heavy atom. The van der Waals surface area contributed by atoms with Crippen LogP contribution < -0.4 is 4.98 Å². The molecule has 1 aromatic heterocycles. The Morgan fingerprint density at radius 2 is 1.78 bits per heavy atom. The molecular formula is C15H24N2Si. The van der Waals surface area contributed by atoms with Crippen LogP contribution in [0.1, 0.15) is 20.8 Å². The third kappa shape index (κ3) is 3.03. The molecule has 18 heavy (non-hydrogen) atoms. The maximum absolute atomic E-state index is 3.84. The van der Waals surface area contributed by atoms with Gasteiger partial charge in [-0.2, -0.15) is 0 Å². The third-order valence-corrected chi connectivity index (χ3v) is 6.68. The van der Waals surface area contributed by atoms with E-state index >= 15 is 0 Å². The van der Waals surface area contributed by atoms with Gasteiger partial charge in [0.2, 0.25) is 0 Å². The molecule has 1 unspecified atom stereocenters. The summed E-state index contributed by atoms with van der Waals surface area (Å²) in [7, 11) is -1.49. The first-order chi connectivity index (χ1) is 8.28. The zero-order valence-electron chi connectivity index (χ0n) is 12.1. The fourth-order valence-electron chi connectivity index (χ4n) is 2.67. The van der Waals surface area contributed by atoms with Crippen molar-refractivity contribution in [3.63, 3.8) is 0 Å². The van der Waals surface area contributed by atoms with Crippen molar-refractivity contribution in [2.45, 2.75) is 44.9 Å². The Kier molecular flexibility index (Phi) is 3.38. The van der Waals surface area contributed by atoms with Crippen molar-refractivity contribution in [1.82, 2.24) is 9.55 Å². The molecule has 0 saturated heterocycles. The summed E-state index contributed by atoms with van der Waals surface area (Å²) in [5.41, 5.74) is 2.04. The van der Waals surface area contributed by atoms with Crippen LogP contribution in [0.15, 0.2) is 42.8 Å². The lowest BCUT2D eigenvalue weighted by atomic mass is 10.1. The molecule has 0 aliphatic heterocycles. The molecule has 0 radical (unpaired) electrons. The van der Waals surface area contributed by atoms with Crippen molar-refractivity contribution in [1.29, 1.82) is 0 Å². The number of aromatic nitrogens is 1. The summed E-state index contributed by atoms with van der Waals surface area (Å²) in [4.78, 5) is 3.84. The highest BCUT2D eigenvalue weighted by Gasteiger charge is 2.34. The molecular weight excluding hydrogens is 236 g/mol. The van der Waals surface area contributed by atoms with Gasteiger partial charge >= 0.3 is 0 Å². The normalized spacial score (nSPS) is 20.3. The SMILES string of the molecule is CC(C)(C)N[Si](C)(C)C1C=CC(n2cccc2)=C1. The van der Waals surface area contributed by atoms with Crippen LogP contribution in [0, 0.1) is 0 Å². The van der Waals surface area contributed by atoms with Gasteiger partial charge in [-0.05, 0) is 39.0 Å². The van der Waals surface area contributed by atoms with Gasteiger partial charge < -0.3 is 9.55 Å². The smallest absolute Gasteiger partial charge is 0.130 e. The second-order valence-electron chi connectivity index (χ2n) is 6.66. The highest BCUT2D eigenvalue weighted by molar-refractivity contribution is 6.77. The molecule has 2 nitrogen and oxygen atoms in total. The molecule has 1 N–H and O–H groups in total. The van der Waals surface area contributed by atoms with Gasteiger partial charge in [0, 0.05) is 29.2 Å². The summed E-state index contributed by atoms with van der Waals surface area (Å²) in [5, 5.41) is 0. The van der Waals surface area contributed by atoms with Crippen LogP contribution in [0.5, 0.6) is 0 Å². The highest BCUT2D eigenvalue weighted by atomic mass is 28.3. The molecule has 1 aliphatic rings. The molecule has 0 fully saturated rings. The van der Waals surface area contributed by atoms with Crippen molar-refractivity contribution in [2.75, 3.05) is 0 Å². The minimum atomic E-state index is -1.49. The van der Waals surface area contributed by atoms with Crippen LogP contribution in [-0.2, 0) is 0 Å². The molecule has 0 saturated carbocycles. The lowest BCUT2D eigenvalue weighted by Crippen LogP contribution is -2.56. The number of hydrogen-bond acceptors (Lipinski definition) is 1. The fourth-order valence-corrected chi connectivity index (χ4v) is 5.94. The predicted molar refractivity (Wildman–Crippen MR) is 82.0 cm³/mol. The van der Waals surface area contributed by atoms with E-state index in [9.17, 15) is 0 Å². The molecule has 0 aromatic carbocycles. The molecule has 1 heterocycles. The van der Waals surface area contributed by atoms with Gasteiger partial charge in [-0.1, -0.05) is 25.2 Å². The van der Waals surface area contributed by atoms with E-state index < -0.39 is 8.24 Å². The average Bonchev–Trinajstić information content (AvgIpc) is 2.85. The summed E-state index contributed by atoms with van der Waals surface area (Å²) in [6, 6.07) is 4.13. The summed E-state index contributed by atoms with van der Waals surface area (Å²) < 4.78 is 2.18. The molecule has 0 spiro atoms. The molecule has 1 aromatic rings. The van der Waals surface area contributed by atoms with Gasteiger partial charge in [-0.3, -0.25) is 0 Å². The van der Waals surface area contributed by atoms with E-state index in [2.05, 4.69) is 86.2 Å². The summed E-state index contributed by atoms with van der Waals surface area (Å²) in [5.74, 6) is 0. The van der Waals surface area contributed by atoms with E-state index in [1.165, 1.54) is 5.70 Å². The summed E-state index contributed by atoms with van der Waals surface area (Å²) in [6.07, 6.45) is 11.2. The fraction of sp³-hybridized carbons (Fsp3) is 0.467. The Bertz CT molecular complexity index is 461. The summed E-state index contributed by atoms with van der Waals surface area (Å²) >= 11 is 0. The lowest BCUT2D eigenvalue weighted by molar-refractivity contribution is 0.510. The van der Waals surface area contributed by atoms with Crippen LogP contribution in [0.2, 0.25) is 18.6 Å². The number of nitrogens with zero attached hydrogens (tertiary/aromatic N) is 1. The van der Waals surface area contributed by atoms with Crippen LogP contribution in [0.4, 0.5) is 0 Å². The van der Waals surface area contributed by atoms with Crippen LogP contribution >= 0.6 is 0 Å². The molecule has 0 amide bonds. The second-order valence-corrected chi connectivity index (χ2v) is 11.0. The number of allylic oxidation sites excluding steroid dienone is 4. The van der Waals surface area contributed by atoms with Crippen LogP contribution in [-0.4, -0.2) is 18.3 Å². The van der Waals surface area contributed by atoms with Gasteiger partial charge in [0.15, 0.2) is 0 Å². The van der Waals surface area contributed by atoms with Gasteiger partial charge in [0.25, 0.3) is 0 Å². The van der Waals surface area contributed by atoms with E-state index in [1.54, 1.807) is 0 Å². The average molecular weight is 260 g/mol. The minimum Gasteiger partial charge on any atom is -0.332 e. The van der Waals surface area contributed by atoms with E-state index in [4.69, 9.17) is 0 Å². The molecule has 1 atom stereocenters. The minimum absolute atomic E-state index is 0.188. The van der Waals surface area contributed by atoms with Crippen molar-refractivity contribution < 1.29 is 0 Å². The zero-order chi connectivity index (χ0) is 13.4. The van der Waals surface area contributed by atoms with Crippen LogP contribution in [0.3, 0.4) is 0 Å². The Hall–Kier alpha value is -1.06. The van der Waals surface area contributed by atoms with Gasteiger partial charge in [-0.25, -0.2) is 0 Å². The van der Waals surface area contributed by atoms with Gasteiger partial charge in [0.05, 0.1) is 0 Å². The van der Waals surface area contributed by atoms with Crippen molar-refractivity contribution >= 4 is 13.9 Å². The molecule has 98 valence electrons. The molecule has 3 heteroatoms. The Balaban J connectivity index is 2.15. The van der Waals surface area contributed by atoms with E-state index in [0.29, 0.717) is 5.54 Å². The van der Waals surface area contributed by atoms with Gasteiger partial charge in [-0.15, -0.1) is 0 Å². The Labute approximate surface area is 111 Å². The zero-order valence-corrected chi connectivity index (χ0v) is 13.1. The molecule has 2 rings (SSSR count). The quantitative estimate of drug-likeness (QED) is 0.817. The Morgan fingerprint density at radius 1 is 1.17 bits per heavy atom. The first kappa shape index (κ1) is 13.4. The van der Waals surface area contributed by atoms with Crippen LogP contribution in [0.25, 0.3) is 5.70 Å². The van der Waals surface area contributed by atoms with Crippen molar-refractivity contribution in [3.05, 3.63) is 42.8 Å². The van der Waals surface area contributed by atoms with E-state index in [0.717, 1.165) is 0 Å². The topological polar surface area (TPSA) is 17.0 Å². The third-order valence-electron chi connectivity index (χ3n) is 3.26. The second kappa shape index (κ2) is 4.56. The monoisotopic (exact) mass is 260 g/mol. The van der Waals surface area contributed by atoms with Crippen molar-refractivity contribution in [3.8, 4) is 0 Å². The molecule has 1 aliphatic carbocycles.